The van der Waals surface area contributed by atoms with Gasteiger partial charge in [0.1, 0.15) is 0 Å². The summed E-state index contributed by atoms with van der Waals surface area (Å²) in [7, 11) is 0. The van der Waals surface area contributed by atoms with Crippen LogP contribution in [0.3, 0.4) is 0 Å². The van der Waals surface area contributed by atoms with Crippen molar-refractivity contribution < 1.29 is 0 Å². The molecule has 0 aliphatic carbocycles. The van der Waals surface area contributed by atoms with Crippen molar-refractivity contribution in [1.82, 2.24) is 10.2 Å². The van der Waals surface area contributed by atoms with E-state index in [9.17, 15) is 0 Å². The second-order valence-electron chi connectivity index (χ2n) is 4.52. The summed E-state index contributed by atoms with van der Waals surface area (Å²) in [6.45, 7) is 9.85. The minimum Gasteiger partial charge on any atom is -0.363 e. The van der Waals surface area contributed by atoms with Gasteiger partial charge < -0.3 is 10.2 Å². The molecule has 1 aliphatic rings. The Morgan fingerprint density at radius 3 is 2.77 bits per heavy atom. The standard InChI is InChI=1S/C10H20N2S/c1-4-11-9(13)12-7-5-6-10(2,3)8-12/h4-8H2,1-3H3,(H,11,13). The molecule has 1 aliphatic heterocycles. The minimum absolute atomic E-state index is 0.428. The molecule has 1 fully saturated rings. The molecule has 0 amide bonds. The molecule has 0 spiro atoms. The summed E-state index contributed by atoms with van der Waals surface area (Å²) < 4.78 is 0. The predicted octanol–water partition coefficient (Wildman–Crippen LogP) is 2.00. The van der Waals surface area contributed by atoms with Crippen molar-refractivity contribution in [2.45, 2.75) is 33.6 Å². The van der Waals surface area contributed by atoms with E-state index >= 15 is 0 Å². The van der Waals surface area contributed by atoms with Crippen LogP contribution in [0.4, 0.5) is 0 Å². The Balaban J connectivity index is 2.47. The van der Waals surface area contributed by atoms with Crippen molar-refractivity contribution in [2.75, 3.05) is 19.6 Å². The number of likely N-dealkylation sites (tertiary alicyclic amines) is 1. The fraction of sp³-hybridized carbons (Fsp3) is 0.900. The molecule has 0 bridgehead atoms. The first-order valence-corrected chi connectivity index (χ1v) is 5.49. The molecule has 1 N–H and O–H groups in total. The third kappa shape index (κ3) is 3.14. The molecule has 0 aromatic carbocycles. The summed E-state index contributed by atoms with van der Waals surface area (Å²) in [5.41, 5.74) is 0.428. The van der Waals surface area contributed by atoms with Crippen molar-refractivity contribution in [2.24, 2.45) is 5.41 Å². The van der Waals surface area contributed by atoms with Crippen LogP contribution in [0.25, 0.3) is 0 Å². The molecular weight excluding hydrogens is 180 g/mol. The van der Waals surface area contributed by atoms with Crippen LogP contribution in [0, 0.1) is 5.41 Å². The quantitative estimate of drug-likeness (QED) is 0.652. The lowest BCUT2D eigenvalue weighted by Gasteiger charge is -2.39. The van der Waals surface area contributed by atoms with Gasteiger partial charge in [-0.1, -0.05) is 13.8 Å². The minimum atomic E-state index is 0.428. The van der Waals surface area contributed by atoms with Crippen LogP contribution in [-0.2, 0) is 0 Å². The van der Waals surface area contributed by atoms with Gasteiger partial charge in [-0.25, -0.2) is 0 Å². The highest BCUT2D eigenvalue weighted by molar-refractivity contribution is 7.80. The first-order chi connectivity index (χ1) is 6.05. The van der Waals surface area contributed by atoms with E-state index in [2.05, 4.69) is 31.0 Å². The van der Waals surface area contributed by atoms with Crippen molar-refractivity contribution >= 4 is 17.3 Å². The molecule has 1 heterocycles. The van der Waals surface area contributed by atoms with Crippen LogP contribution in [0.1, 0.15) is 33.6 Å². The normalized spacial score (nSPS) is 21.3. The lowest BCUT2D eigenvalue weighted by Crippen LogP contribution is -2.47. The summed E-state index contributed by atoms with van der Waals surface area (Å²) in [5, 5.41) is 4.14. The van der Waals surface area contributed by atoms with E-state index in [-0.39, 0.29) is 0 Å². The van der Waals surface area contributed by atoms with E-state index in [4.69, 9.17) is 12.2 Å². The second-order valence-corrected chi connectivity index (χ2v) is 4.91. The number of nitrogens with one attached hydrogen (secondary N) is 1. The van der Waals surface area contributed by atoms with Gasteiger partial charge >= 0.3 is 0 Å². The maximum absolute atomic E-state index is 5.29. The Hall–Kier alpha value is -0.310. The monoisotopic (exact) mass is 200 g/mol. The van der Waals surface area contributed by atoms with E-state index in [0.29, 0.717) is 5.41 Å². The zero-order valence-corrected chi connectivity index (χ0v) is 9.71. The van der Waals surface area contributed by atoms with Gasteiger partial charge in [0.25, 0.3) is 0 Å². The number of piperidine rings is 1. The number of rotatable bonds is 1. The lowest BCUT2D eigenvalue weighted by atomic mass is 9.84. The zero-order chi connectivity index (χ0) is 9.90. The van der Waals surface area contributed by atoms with Crippen molar-refractivity contribution in [1.29, 1.82) is 0 Å². The van der Waals surface area contributed by atoms with Crippen molar-refractivity contribution in [3.8, 4) is 0 Å². The molecule has 0 unspecified atom stereocenters. The number of hydrogen-bond donors (Lipinski definition) is 1. The van der Waals surface area contributed by atoms with Gasteiger partial charge in [0.2, 0.25) is 0 Å². The van der Waals surface area contributed by atoms with Gasteiger partial charge in [-0.2, -0.15) is 0 Å². The van der Waals surface area contributed by atoms with Crippen molar-refractivity contribution in [3.05, 3.63) is 0 Å². The third-order valence-electron chi connectivity index (χ3n) is 2.52. The Morgan fingerprint density at radius 1 is 1.54 bits per heavy atom. The fourth-order valence-electron chi connectivity index (χ4n) is 1.86. The molecule has 76 valence electrons. The third-order valence-corrected chi connectivity index (χ3v) is 2.92. The smallest absolute Gasteiger partial charge is 0.168 e. The predicted molar refractivity (Wildman–Crippen MR) is 60.9 cm³/mol. The highest BCUT2D eigenvalue weighted by Crippen LogP contribution is 2.28. The van der Waals surface area contributed by atoms with E-state index in [0.717, 1.165) is 24.7 Å². The lowest BCUT2D eigenvalue weighted by molar-refractivity contribution is 0.177. The Bertz CT molecular complexity index is 189. The molecule has 13 heavy (non-hydrogen) atoms. The summed E-state index contributed by atoms with van der Waals surface area (Å²) in [4.78, 5) is 2.29. The Morgan fingerprint density at radius 2 is 2.23 bits per heavy atom. The van der Waals surface area contributed by atoms with E-state index in [1.807, 2.05) is 0 Å². The van der Waals surface area contributed by atoms with Crippen LogP contribution in [-0.4, -0.2) is 29.6 Å². The average Bonchev–Trinajstić information content (AvgIpc) is 2.03. The molecule has 1 saturated heterocycles. The van der Waals surface area contributed by atoms with Gasteiger partial charge in [0, 0.05) is 19.6 Å². The summed E-state index contributed by atoms with van der Waals surface area (Å²) >= 11 is 5.29. The number of thiocarbonyl (C=S) groups is 1. The zero-order valence-electron chi connectivity index (χ0n) is 8.89. The van der Waals surface area contributed by atoms with Gasteiger partial charge in [0.05, 0.1) is 0 Å². The molecule has 2 nitrogen and oxygen atoms in total. The average molecular weight is 200 g/mol. The molecule has 0 atom stereocenters. The van der Waals surface area contributed by atoms with Crippen LogP contribution >= 0.6 is 12.2 Å². The second kappa shape index (κ2) is 4.27. The first-order valence-electron chi connectivity index (χ1n) is 5.08. The molecule has 0 aromatic heterocycles. The van der Waals surface area contributed by atoms with Crippen LogP contribution in [0.2, 0.25) is 0 Å². The number of hydrogen-bond acceptors (Lipinski definition) is 1. The van der Waals surface area contributed by atoms with Gasteiger partial charge in [0.15, 0.2) is 5.11 Å². The first kappa shape index (κ1) is 10.8. The molecule has 0 radical (unpaired) electrons. The van der Waals surface area contributed by atoms with E-state index < -0.39 is 0 Å². The molecule has 0 saturated carbocycles. The SMILES string of the molecule is CCNC(=S)N1CCCC(C)(C)C1. The van der Waals surface area contributed by atoms with Crippen LogP contribution in [0.15, 0.2) is 0 Å². The fourth-order valence-corrected chi connectivity index (χ4v) is 2.16. The van der Waals surface area contributed by atoms with Gasteiger partial charge in [-0.3, -0.25) is 0 Å². The summed E-state index contributed by atoms with van der Waals surface area (Å²) in [6.07, 6.45) is 2.58. The largest absolute Gasteiger partial charge is 0.363 e. The Labute approximate surface area is 86.7 Å². The highest BCUT2D eigenvalue weighted by atomic mass is 32.1. The molecule has 0 aromatic rings. The summed E-state index contributed by atoms with van der Waals surface area (Å²) in [6, 6.07) is 0. The van der Waals surface area contributed by atoms with Crippen molar-refractivity contribution in [3.63, 3.8) is 0 Å². The van der Waals surface area contributed by atoms with Gasteiger partial charge in [-0.15, -0.1) is 0 Å². The van der Waals surface area contributed by atoms with Crippen LogP contribution < -0.4 is 5.32 Å². The molecule has 1 rings (SSSR count). The number of nitrogens with zero attached hydrogens (tertiary/aromatic N) is 1. The van der Waals surface area contributed by atoms with Crippen LogP contribution in [0.5, 0.6) is 0 Å². The maximum Gasteiger partial charge on any atom is 0.168 e. The topological polar surface area (TPSA) is 15.3 Å². The molecular formula is C10H20N2S. The van der Waals surface area contributed by atoms with E-state index in [1.54, 1.807) is 0 Å². The maximum atomic E-state index is 5.29. The highest BCUT2D eigenvalue weighted by Gasteiger charge is 2.27. The molecule has 3 heteroatoms. The Kier molecular flexibility index (Phi) is 3.54. The van der Waals surface area contributed by atoms with Gasteiger partial charge in [-0.05, 0) is 37.4 Å². The summed E-state index contributed by atoms with van der Waals surface area (Å²) in [5.74, 6) is 0. The van der Waals surface area contributed by atoms with E-state index in [1.165, 1.54) is 12.8 Å².